The molecule has 0 aliphatic carbocycles. The third-order valence-electron chi connectivity index (χ3n) is 5.78. The fourth-order valence-electron chi connectivity index (χ4n) is 4.43. The van der Waals surface area contributed by atoms with E-state index in [9.17, 15) is 9.59 Å². The van der Waals surface area contributed by atoms with Crippen LogP contribution in [0.2, 0.25) is 0 Å². The Morgan fingerprint density at radius 1 is 0.676 bits per heavy atom. The highest BCUT2D eigenvalue weighted by atomic mass is 31.2. The Bertz CT molecular complexity index is 1040. The number of ether oxygens (including phenoxy) is 2. The Balaban J connectivity index is 2.66. The molecular weight excluding hydrogens is 443 g/mol. The first-order valence-electron chi connectivity index (χ1n) is 11.7. The summed E-state index contributed by atoms with van der Waals surface area (Å²) in [5.74, 6) is -1.77. The van der Waals surface area contributed by atoms with Crippen LogP contribution in [-0.4, -0.2) is 30.4 Å². The van der Waals surface area contributed by atoms with Crippen LogP contribution in [0.1, 0.15) is 27.7 Å². The Hall–Kier alpha value is -3.10. The number of esters is 2. The third-order valence-corrected chi connectivity index (χ3v) is 10.2. The SMILES string of the molecule is CCOC(=O)C(C(C(=O)OCC)C(C)C)=P(c1ccccc1)(c1ccccc1)c1ccccc1. The second-order valence-corrected chi connectivity index (χ2v) is 11.6. The van der Waals surface area contributed by atoms with E-state index in [1.54, 1.807) is 13.8 Å². The van der Waals surface area contributed by atoms with Gasteiger partial charge >= 0.3 is 11.9 Å². The maximum absolute atomic E-state index is 13.9. The Morgan fingerprint density at radius 3 is 1.38 bits per heavy atom. The average molecular weight is 477 g/mol. The molecule has 0 amide bonds. The molecule has 3 rings (SSSR count). The van der Waals surface area contributed by atoms with Crippen LogP contribution in [-0.2, 0) is 19.1 Å². The molecule has 178 valence electrons. The molecule has 3 aromatic rings. The molecule has 0 fully saturated rings. The van der Waals surface area contributed by atoms with Gasteiger partial charge in [-0.05, 0) is 42.6 Å². The van der Waals surface area contributed by atoms with Gasteiger partial charge in [-0.1, -0.05) is 105 Å². The molecular formula is C29H33O4P. The summed E-state index contributed by atoms with van der Waals surface area (Å²) in [4.78, 5) is 27.4. The van der Waals surface area contributed by atoms with E-state index in [1.807, 2.05) is 68.4 Å². The number of benzene rings is 3. The van der Waals surface area contributed by atoms with Crippen LogP contribution in [0.25, 0.3) is 0 Å². The average Bonchev–Trinajstić information content (AvgIpc) is 2.86. The fourth-order valence-corrected chi connectivity index (χ4v) is 9.17. The highest BCUT2D eigenvalue weighted by Crippen LogP contribution is 2.49. The van der Waals surface area contributed by atoms with E-state index in [2.05, 4.69) is 36.4 Å². The van der Waals surface area contributed by atoms with Gasteiger partial charge in [-0.25, -0.2) is 4.79 Å². The lowest BCUT2D eigenvalue weighted by molar-refractivity contribution is -0.148. The molecule has 0 aliphatic rings. The van der Waals surface area contributed by atoms with Gasteiger partial charge < -0.3 is 9.47 Å². The minimum atomic E-state index is -2.80. The topological polar surface area (TPSA) is 52.6 Å². The number of carbonyl (C=O) groups is 2. The zero-order valence-electron chi connectivity index (χ0n) is 20.3. The second-order valence-electron chi connectivity index (χ2n) is 8.26. The lowest BCUT2D eigenvalue weighted by Gasteiger charge is -2.35. The molecule has 5 heteroatoms. The molecule has 0 aliphatic heterocycles. The molecule has 1 unspecified atom stereocenters. The molecule has 34 heavy (non-hydrogen) atoms. The molecule has 0 heterocycles. The van der Waals surface area contributed by atoms with Gasteiger partial charge in [0.15, 0.2) is 0 Å². The van der Waals surface area contributed by atoms with Crippen molar-refractivity contribution in [3.05, 3.63) is 91.0 Å². The number of rotatable bonds is 9. The number of hydrogen-bond donors (Lipinski definition) is 0. The Kier molecular flexibility index (Phi) is 8.90. The molecule has 0 radical (unpaired) electrons. The lowest BCUT2D eigenvalue weighted by atomic mass is 9.92. The van der Waals surface area contributed by atoms with Gasteiger partial charge in [0.25, 0.3) is 0 Å². The fraction of sp³-hybridized carbons (Fsp3) is 0.276. The van der Waals surface area contributed by atoms with Crippen molar-refractivity contribution >= 4 is 40.0 Å². The highest BCUT2D eigenvalue weighted by Gasteiger charge is 2.42. The maximum Gasteiger partial charge on any atom is 0.335 e. The number of carbonyl (C=O) groups excluding carboxylic acids is 2. The minimum Gasteiger partial charge on any atom is -0.466 e. The Labute approximate surface area is 202 Å². The first-order valence-corrected chi connectivity index (χ1v) is 13.5. The number of hydrogen-bond acceptors (Lipinski definition) is 4. The van der Waals surface area contributed by atoms with Crippen LogP contribution in [0.3, 0.4) is 0 Å². The smallest absolute Gasteiger partial charge is 0.335 e. The van der Waals surface area contributed by atoms with Crippen LogP contribution in [0.5, 0.6) is 0 Å². The van der Waals surface area contributed by atoms with Crippen LogP contribution >= 0.6 is 6.89 Å². The highest BCUT2D eigenvalue weighted by molar-refractivity contribution is 7.96. The summed E-state index contributed by atoms with van der Waals surface area (Å²) in [6, 6.07) is 30.1. The van der Waals surface area contributed by atoms with Crippen molar-refractivity contribution in [1.82, 2.24) is 0 Å². The summed E-state index contributed by atoms with van der Waals surface area (Å²) >= 11 is 0. The zero-order chi connectivity index (χ0) is 24.6. The van der Waals surface area contributed by atoms with Crippen molar-refractivity contribution in [3.8, 4) is 0 Å². The molecule has 1 atom stereocenters. The summed E-state index contributed by atoms with van der Waals surface area (Å²) in [6.45, 7) is 5.15. The summed E-state index contributed by atoms with van der Waals surface area (Å²) in [5, 5.41) is 3.45. The predicted octanol–water partition coefficient (Wildman–Crippen LogP) is 4.55. The van der Waals surface area contributed by atoms with Crippen molar-refractivity contribution in [2.45, 2.75) is 27.7 Å². The van der Waals surface area contributed by atoms with Gasteiger partial charge in [0.1, 0.15) is 0 Å². The van der Waals surface area contributed by atoms with Gasteiger partial charge in [-0.15, -0.1) is 0 Å². The standard InChI is InChI=1S/C29H33O4P/c1-5-32-28(30)26(22(3)4)27(29(31)33-6-2)34(23-16-10-7-11-17-23,24-18-12-8-13-19-24)25-20-14-9-15-21-25/h7-22,26H,5-6H2,1-4H3. The molecule has 0 bridgehead atoms. The van der Waals surface area contributed by atoms with Crippen LogP contribution in [0.4, 0.5) is 0 Å². The molecule has 0 spiro atoms. The first kappa shape index (κ1) is 25.5. The predicted molar refractivity (Wildman–Crippen MR) is 142 cm³/mol. The first-order chi connectivity index (χ1) is 16.5. The normalized spacial score (nSPS) is 12.1. The summed E-state index contributed by atoms with van der Waals surface area (Å²) in [6.07, 6.45) is 0. The summed E-state index contributed by atoms with van der Waals surface area (Å²) < 4.78 is 11.2. The molecule has 4 nitrogen and oxygen atoms in total. The molecule has 0 aromatic heterocycles. The Morgan fingerprint density at radius 2 is 1.06 bits per heavy atom. The lowest BCUT2D eigenvalue weighted by Crippen LogP contribution is -2.43. The quantitative estimate of drug-likeness (QED) is 0.336. The molecule has 0 saturated heterocycles. The van der Waals surface area contributed by atoms with Gasteiger partial charge in [0.05, 0.1) is 24.4 Å². The van der Waals surface area contributed by atoms with Crippen molar-refractivity contribution in [2.24, 2.45) is 11.8 Å². The monoisotopic (exact) mass is 476 g/mol. The van der Waals surface area contributed by atoms with E-state index in [4.69, 9.17) is 9.47 Å². The minimum absolute atomic E-state index is 0.172. The van der Waals surface area contributed by atoms with Gasteiger partial charge in [-0.3, -0.25) is 4.79 Å². The van der Waals surface area contributed by atoms with E-state index in [0.29, 0.717) is 5.29 Å². The van der Waals surface area contributed by atoms with Crippen LogP contribution in [0, 0.1) is 11.8 Å². The van der Waals surface area contributed by atoms with Gasteiger partial charge in [0.2, 0.25) is 0 Å². The molecule has 0 saturated carbocycles. The van der Waals surface area contributed by atoms with Gasteiger partial charge in [-0.2, -0.15) is 0 Å². The van der Waals surface area contributed by atoms with E-state index >= 15 is 0 Å². The van der Waals surface area contributed by atoms with E-state index in [0.717, 1.165) is 15.9 Å². The summed E-state index contributed by atoms with van der Waals surface area (Å²) in [5.41, 5.74) is 0. The second kappa shape index (κ2) is 11.9. The van der Waals surface area contributed by atoms with Crippen molar-refractivity contribution in [1.29, 1.82) is 0 Å². The van der Waals surface area contributed by atoms with E-state index in [-0.39, 0.29) is 19.1 Å². The summed E-state index contributed by atoms with van der Waals surface area (Å²) in [7, 11) is 0. The maximum atomic E-state index is 13.9. The third kappa shape index (κ3) is 5.03. The molecule has 0 N–H and O–H groups in total. The van der Waals surface area contributed by atoms with E-state index < -0.39 is 24.7 Å². The van der Waals surface area contributed by atoms with Crippen LogP contribution < -0.4 is 15.9 Å². The van der Waals surface area contributed by atoms with Crippen molar-refractivity contribution in [2.75, 3.05) is 13.2 Å². The van der Waals surface area contributed by atoms with Crippen LogP contribution in [0.15, 0.2) is 91.0 Å². The van der Waals surface area contributed by atoms with Gasteiger partial charge in [0, 0.05) is 0 Å². The molecule has 3 aromatic carbocycles. The zero-order valence-corrected chi connectivity index (χ0v) is 21.2. The van der Waals surface area contributed by atoms with E-state index in [1.165, 1.54) is 0 Å². The van der Waals surface area contributed by atoms with Crippen molar-refractivity contribution in [3.63, 3.8) is 0 Å². The largest absolute Gasteiger partial charge is 0.466 e. The van der Waals surface area contributed by atoms with Crippen molar-refractivity contribution < 1.29 is 19.1 Å².